The van der Waals surface area contributed by atoms with Crippen LogP contribution in [0.2, 0.25) is 0 Å². The van der Waals surface area contributed by atoms with Crippen molar-refractivity contribution in [2.75, 3.05) is 9.62 Å². The van der Waals surface area contributed by atoms with Gasteiger partial charge in [-0.1, -0.05) is 35.9 Å². The van der Waals surface area contributed by atoms with E-state index in [1.807, 2.05) is 60.4 Å². The maximum atomic E-state index is 12.8. The van der Waals surface area contributed by atoms with Crippen LogP contribution in [0.1, 0.15) is 5.56 Å². The van der Waals surface area contributed by atoms with Crippen molar-refractivity contribution < 1.29 is 8.42 Å². The van der Waals surface area contributed by atoms with Gasteiger partial charge in [0.25, 0.3) is 10.0 Å². The molecule has 0 atom stereocenters. The molecule has 0 fully saturated rings. The van der Waals surface area contributed by atoms with Crippen LogP contribution in [-0.2, 0) is 10.0 Å². The van der Waals surface area contributed by atoms with E-state index in [-0.39, 0.29) is 4.90 Å². The lowest BCUT2D eigenvalue weighted by molar-refractivity contribution is 0.601. The van der Waals surface area contributed by atoms with E-state index in [1.165, 1.54) is 6.33 Å². The first-order chi connectivity index (χ1) is 16.5. The van der Waals surface area contributed by atoms with Crippen LogP contribution in [0.4, 0.5) is 22.9 Å². The summed E-state index contributed by atoms with van der Waals surface area (Å²) in [6.45, 7) is 1.91. The van der Waals surface area contributed by atoms with Gasteiger partial charge in [-0.15, -0.1) is 0 Å². The largest absolute Gasteiger partial charge is 0.293 e. The molecule has 3 aromatic carbocycles. The zero-order valence-electron chi connectivity index (χ0n) is 18.3. The minimum absolute atomic E-state index is 0.214. The molecule has 0 aliphatic carbocycles. The second-order valence-electron chi connectivity index (χ2n) is 7.72. The molecule has 8 heteroatoms. The van der Waals surface area contributed by atoms with Gasteiger partial charge in [-0.3, -0.25) is 14.6 Å². The summed E-state index contributed by atoms with van der Waals surface area (Å²) in [5.74, 6) is 0.668. The molecule has 0 saturated heterocycles. The lowest BCUT2D eigenvalue weighted by Gasteiger charge is -2.25. The summed E-state index contributed by atoms with van der Waals surface area (Å²) in [5.41, 5.74) is 3.94. The summed E-state index contributed by atoms with van der Waals surface area (Å²) < 4.78 is 28.2. The lowest BCUT2D eigenvalue weighted by Crippen LogP contribution is -2.14. The molecule has 1 N–H and O–H groups in total. The van der Waals surface area contributed by atoms with Gasteiger partial charge < -0.3 is 0 Å². The molecule has 0 saturated carbocycles. The fourth-order valence-corrected chi connectivity index (χ4v) is 4.75. The second-order valence-corrected chi connectivity index (χ2v) is 9.40. The topological polar surface area (TPSA) is 88.1 Å². The molecular weight excluding hydrogens is 446 g/mol. The fraction of sp³-hybridized carbons (Fsp3) is 0.0385. The molecular formula is C26H21N5O2S. The minimum Gasteiger partial charge on any atom is -0.293 e. The van der Waals surface area contributed by atoms with Gasteiger partial charge in [-0.05, 0) is 61.5 Å². The molecule has 2 aromatic heterocycles. The van der Waals surface area contributed by atoms with Crippen molar-refractivity contribution in [2.24, 2.45) is 0 Å². The number of sulfonamides is 1. The Balaban J connectivity index is 1.53. The van der Waals surface area contributed by atoms with E-state index in [0.29, 0.717) is 11.5 Å². The summed E-state index contributed by atoms with van der Waals surface area (Å²) in [4.78, 5) is 15.2. The number of pyridine rings is 1. The molecule has 5 aromatic rings. The van der Waals surface area contributed by atoms with E-state index < -0.39 is 10.0 Å². The summed E-state index contributed by atoms with van der Waals surface area (Å²) in [7, 11) is -3.69. The van der Waals surface area contributed by atoms with Gasteiger partial charge in [-0.2, -0.15) is 0 Å². The van der Waals surface area contributed by atoms with Crippen molar-refractivity contribution in [3.8, 4) is 0 Å². The highest BCUT2D eigenvalue weighted by Gasteiger charge is 2.18. The predicted octanol–water partition coefficient (Wildman–Crippen LogP) is 5.60. The summed E-state index contributed by atoms with van der Waals surface area (Å²) in [6, 6.07) is 25.6. The highest BCUT2D eigenvalue weighted by Crippen LogP contribution is 2.37. The third-order valence-electron chi connectivity index (χ3n) is 5.36. The zero-order chi connectivity index (χ0) is 23.5. The van der Waals surface area contributed by atoms with Crippen LogP contribution in [-0.4, -0.2) is 23.4 Å². The third kappa shape index (κ3) is 4.31. The summed E-state index contributed by atoms with van der Waals surface area (Å²) >= 11 is 0. The van der Waals surface area contributed by atoms with Gasteiger partial charge in [-0.25, -0.2) is 18.4 Å². The number of nitrogens with zero attached hydrogens (tertiary/aromatic N) is 4. The normalized spacial score (nSPS) is 11.3. The number of aromatic nitrogens is 3. The second kappa shape index (κ2) is 8.92. The van der Waals surface area contributed by atoms with Gasteiger partial charge in [0.15, 0.2) is 0 Å². The predicted molar refractivity (Wildman–Crippen MR) is 134 cm³/mol. The first-order valence-corrected chi connectivity index (χ1v) is 12.1. The van der Waals surface area contributed by atoms with Crippen LogP contribution >= 0.6 is 0 Å². The van der Waals surface area contributed by atoms with E-state index in [2.05, 4.69) is 19.7 Å². The quantitative estimate of drug-likeness (QED) is 0.350. The number of hydrogen-bond donors (Lipinski definition) is 1. The van der Waals surface area contributed by atoms with Crippen LogP contribution in [0, 0.1) is 6.92 Å². The Morgan fingerprint density at radius 3 is 2.29 bits per heavy atom. The van der Waals surface area contributed by atoms with E-state index in [9.17, 15) is 8.42 Å². The smallest absolute Gasteiger partial charge is 0.261 e. The van der Waals surface area contributed by atoms with Crippen LogP contribution in [0.25, 0.3) is 10.9 Å². The SMILES string of the molecule is Cc1ccc(S(=O)(=O)Nc2ccc(N(c3ccncn3)c3cccc4cccnc34)cc2)cc1. The van der Waals surface area contributed by atoms with E-state index in [1.54, 1.807) is 48.8 Å². The third-order valence-corrected chi connectivity index (χ3v) is 6.75. The van der Waals surface area contributed by atoms with Crippen LogP contribution in [0.15, 0.2) is 109 Å². The summed E-state index contributed by atoms with van der Waals surface area (Å²) in [5, 5.41) is 1.00. The molecule has 168 valence electrons. The molecule has 0 amide bonds. The molecule has 0 aliphatic heterocycles. The Labute approximate surface area is 197 Å². The Morgan fingerprint density at radius 2 is 1.56 bits per heavy atom. The van der Waals surface area contributed by atoms with E-state index in [4.69, 9.17) is 0 Å². The highest BCUT2D eigenvalue weighted by atomic mass is 32.2. The fourth-order valence-electron chi connectivity index (χ4n) is 3.69. The number of para-hydroxylation sites is 1. The monoisotopic (exact) mass is 467 g/mol. The van der Waals surface area contributed by atoms with Crippen LogP contribution in [0.5, 0.6) is 0 Å². The average molecular weight is 468 g/mol. The number of fused-ring (bicyclic) bond motifs is 1. The van der Waals surface area contributed by atoms with Crippen molar-refractivity contribution in [2.45, 2.75) is 11.8 Å². The van der Waals surface area contributed by atoms with Crippen LogP contribution < -0.4 is 9.62 Å². The maximum Gasteiger partial charge on any atom is 0.261 e. The number of nitrogens with one attached hydrogen (secondary N) is 1. The molecule has 7 nitrogen and oxygen atoms in total. The molecule has 34 heavy (non-hydrogen) atoms. The van der Waals surface area contributed by atoms with Gasteiger partial charge in [0.2, 0.25) is 0 Å². The standard InChI is InChI=1S/C26H21N5O2S/c1-19-7-13-23(14-8-19)34(32,33)30-21-9-11-22(12-10-21)31(25-15-17-27-18-29-25)24-6-2-4-20-5-3-16-28-26(20)24/h2-18,30H,1H3. The Kier molecular flexibility index (Phi) is 5.65. The molecule has 0 spiro atoms. The summed E-state index contributed by atoms with van der Waals surface area (Å²) in [6.07, 6.45) is 4.93. The van der Waals surface area contributed by atoms with Crippen molar-refractivity contribution in [3.63, 3.8) is 0 Å². The van der Waals surface area contributed by atoms with Crippen LogP contribution in [0.3, 0.4) is 0 Å². The Bertz CT molecular complexity index is 1530. The van der Waals surface area contributed by atoms with Gasteiger partial charge in [0.05, 0.1) is 16.1 Å². The number of benzene rings is 3. The number of rotatable bonds is 6. The van der Waals surface area contributed by atoms with Crippen molar-refractivity contribution >= 4 is 43.8 Å². The zero-order valence-corrected chi connectivity index (χ0v) is 19.1. The molecule has 0 aliphatic rings. The first-order valence-electron chi connectivity index (χ1n) is 10.6. The number of hydrogen-bond acceptors (Lipinski definition) is 6. The average Bonchev–Trinajstić information content (AvgIpc) is 2.86. The number of anilines is 4. The van der Waals surface area contributed by atoms with E-state index in [0.717, 1.165) is 27.8 Å². The van der Waals surface area contributed by atoms with Gasteiger partial charge in [0, 0.05) is 29.2 Å². The molecule has 0 radical (unpaired) electrons. The lowest BCUT2D eigenvalue weighted by atomic mass is 10.1. The molecule has 0 bridgehead atoms. The maximum absolute atomic E-state index is 12.8. The Morgan fingerprint density at radius 1 is 0.794 bits per heavy atom. The highest BCUT2D eigenvalue weighted by molar-refractivity contribution is 7.92. The number of aryl methyl sites for hydroxylation is 1. The molecule has 5 rings (SSSR count). The van der Waals surface area contributed by atoms with Crippen molar-refractivity contribution in [1.29, 1.82) is 0 Å². The van der Waals surface area contributed by atoms with E-state index >= 15 is 0 Å². The van der Waals surface area contributed by atoms with Crippen molar-refractivity contribution in [3.05, 3.63) is 109 Å². The molecule has 0 unspecified atom stereocenters. The Hall–Kier alpha value is -4.30. The van der Waals surface area contributed by atoms with Crippen molar-refractivity contribution in [1.82, 2.24) is 15.0 Å². The minimum atomic E-state index is -3.69. The van der Waals surface area contributed by atoms with Gasteiger partial charge in [0.1, 0.15) is 12.1 Å². The molecule has 2 heterocycles. The first kappa shape index (κ1) is 21.5. The van der Waals surface area contributed by atoms with Gasteiger partial charge >= 0.3 is 0 Å².